The second-order valence-electron chi connectivity index (χ2n) is 1.50. The molecule has 1 N–H and O–H groups in total. The van der Waals surface area contributed by atoms with Crippen LogP contribution in [-0.2, 0) is 4.79 Å². The third kappa shape index (κ3) is 2.09. The van der Waals surface area contributed by atoms with E-state index in [1.54, 1.807) is 6.08 Å². The van der Waals surface area contributed by atoms with E-state index in [4.69, 9.17) is 0 Å². The summed E-state index contributed by atoms with van der Waals surface area (Å²) in [4.78, 5) is 10.3. The average molecular weight is 134 g/mol. The minimum Gasteiger partial charge on any atom is -0.306 e. The summed E-state index contributed by atoms with van der Waals surface area (Å²) in [5.74, 6) is 0.172. The summed E-state index contributed by atoms with van der Waals surface area (Å²) in [6, 6.07) is 0. The first-order chi connectivity index (χ1) is 3.39. The van der Waals surface area contributed by atoms with Crippen LogP contribution in [0.15, 0.2) is 12.2 Å². The Bertz CT molecular complexity index is 111. The molecule has 1 aliphatic rings. The second-order valence-corrected chi connectivity index (χ2v) is 1.50. The third-order valence-corrected chi connectivity index (χ3v) is 0.865. The Hall–Kier alpha value is -0.340. The molecular weight excluding hydrogens is 126 g/mol. The zero-order valence-corrected chi connectivity index (χ0v) is 5.20. The molecule has 3 heteroatoms. The van der Waals surface area contributed by atoms with Crippen molar-refractivity contribution >= 4 is 18.2 Å². The van der Waals surface area contributed by atoms with Gasteiger partial charge in [0.2, 0.25) is 0 Å². The summed E-state index contributed by atoms with van der Waals surface area (Å²) in [6.07, 6.45) is 3.43. The predicted molar refractivity (Wildman–Crippen MR) is 34.3 cm³/mol. The van der Waals surface area contributed by atoms with Crippen LogP contribution in [0.3, 0.4) is 0 Å². The molecule has 2 nitrogen and oxygen atoms in total. The van der Waals surface area contributed by atoms with Crippen LogP contribution >= 0.6 is 12.4 Å². The van der Waals surface area contributed by atoms with E-state index in [0.29, 0.717) is 6.54 Å². The molecule has 1 aliphatic heterocycles. The predicted octanol–water partition coefficient (Wildman–Crippen LogP) is 0.137. The van der Waals surface area contributed by atoms with Gasteiger partial charge in [-0.1, -0.05) is 6.08 Å². The van der Waals surface area contributed by atoms with E-state index in [1.807, 2.05) is 6.08 Å². The first-order valence-electron chi connectivity index (χ1n) is 2.30. The van der Waals surface area contributed by atoms with E-state index in [1.165, 1.54) is 0 Å². The van der Waals surface area contributed by atoms with Crippen molar-refractivity contribution in [2.75, 3.05) is 13.1 Å². The summed E-state index contributed by atoms with van der Waals surface area (Å²) in [6.45, 7) is 1.35. The number of carbonyl (C=O) groups is 1. The highest BCUT2D eigenvalue weighted by Gasteiger charge is 1.97. The monoisotopic (exact) mass is 133 g/mol. The molecule has 0 atom stereocenters. The van der Waals surface area contributed by atoms with Crippen molar-refractivity contribution in [1.82, 2.24) is 5.32 Å². The fourth-order valence-electron chi connectivity index (χ4n) is 0.528. The molecule has 0 unspecified atom stereocenters. The maximum atomic E-state index is 10.3. The fourth-order valence-corrected chi connectivity index (χ4v) is 0.528. The molecule has 0 saturated heterocycles. The van der Waals surface area contributed by atoms with Gasteiger partial charge in [0.05, 0.1) is 6.54 Å². The first kappa shape index (κ1) is 7.66. The van der Waals surface area contributed by atoms with Gasteiger partial charge in [-0.3, -0.25) is 4.79 Å². The molecule has 1 heterocycles. The Kier molecular flexibility index (Phi) is 3.48. The molecule has 0 bridgehead atoms. The van der Waals surface area contributed by atoms with Gasteiger partial charge in [0, 0.05) is 6.54 Å². The normalized spacial score (nSPS) is 17.8. The Labute approximate surface area is 54.4 Å². The van der Waals surface area contributed by atoms with Gasteiger partial charge in [-0.05, 0) is 6.08 Å². The molecule has 0 spiro atoms. The van der Waals surface area contributed by atoms with Crippen LogP contribution in [0.4, 0.5) is 0 Å². The van der Waals surface area contributed by atoms with Crippen LogP contribution in [0.25, 0.3) is 0 Å². The zero-order chi connectivity index (χ0) is 5.11. The van der Waals surface area contributed by atoms with Crippen molar-refractivity contribution < 1.29 is 4.79 Å². The maximum absolute atomic E-state index is 10.3. The number of carbonyl (C=O) groups excluding carboxylic acids is 1. The molecular formula is C5H8ClNO. The number of halogens is 1. The summed E-state index contributed by atoms with van der Waals surface area (Å²) in [7, 11) is 0. The van der Waals surface area contributed by atoms with Gasteiger partial charge in [0.25, 0.3) is 0 Å². The van der Waals surface area contributed by atoms with E-state index in [9.17, 15) is 4.79 Å². The topological polar surface area (TPSA) is 29.1 Å². The van der Waals surface area contributed by atoms with E-state index in [0.717, 1.165) is 6.54 Å². The van der Waals surface area contributed by atoms with Crippen LogP contribution in [-0.4, -0.2) is 18.9 Å². The van der Waals surface area contributed by atoms with Crippen LogP contribution in [0.2, 0.25) is 0 Å². The lowest BCUT2D eigenvalue weighted by molar-refractivity contribution is -0.114. The number of hydrogen-bond donors (Lipinski definition) is 1. The Morgan fingerprint density at radius 1 is 1.62 bits per heavy atom. The Morgan fingerprint density at radius 2 is 2.38 bits per heavy atom. The quantitative estimate of drug-likeness (QED) is 0.509. The van der Waals surface area contributed by atoms with E-state index >= 15 is 0 Å². The van der Waals surface area contributed by atoms with Gasteiger partial charge in [-0.2, -0.15) is 0 Å². The lowest BCUT2D eigenvalue weighted by Gasteiger charge is -2.00. The maximum Gasteiger partial charge on any atom is 0.169 e. The van der Waals surface area contributed by atoms with Crippen molar-refractivity contribution in [2.24, 2.45) is 0 Å². The molecule has 1 rings (SSSR count). The summed E-state index contributed by atoms with van der Waals surface area (Å²) >= 11 is 0. The van der Waals surface area contributed by atoms with E-state index < -0.39 is 0 Å². The van der Waals surface area contributed by atoms with Crippen molar-refractivity contribution in [1.29, 1.82) is 0 Å². The zero-order valence-electron chi connectivity index (χ0n) is 4.39. The molecule has 46 valence electrons. The minimum absolute atomic E-state index is 0. The molecule has 0 aromatic rings. The largest absolute Gasteiger partial charge is 0.306 e. The molecule has 0 radical (unpaired) electrons. The molecule has 0 aliphatic carbocycles. The molecule has 0 fully saturated rings. The van der Waals surface area contributed by atoms with Crippen LogP contribution in [0, 0.1) is 0 Å². The van der Waals surface area contributed by atoms with Crippen LogP contribution in [0.5, 0.6) is 0 Å². The summed E-state index contributed by atoms with van der Waals surface area (Å²) < 4.78 is 0. The van der Waals surface area contributed by atoms with Gasteiger partial charge in [-0.25, -0.2) is 0 Å². The van der Waals surface area contributed by atoms with Gasteiger partial charge >= 0.3 is 0 Å². The Morgan fingerprint density at radius 3 is 2.62 bits per heavy atom. The highest BCUT2D eigenvalue weighted by molar-refractivity contribution is 5.92. The summed E-state index contributed by atoms with van der Waals surface area (Å²) in [5, 5.41) is 2.90. The molecule has 0 saturated carbocycles. The SMILES string of the molecule is Cl.O=C1C=CCNC1. The summed E-state index contributed by atoms with van der Waals surface area (Å²) in [5.41, 5.74) is 0. The molecule has 8 heavy (non-hydrogen) atoms. The third-order valence-electron chi connectivity index (χ3n) is 0.865. The van der Waals surface area contributed by atoms with Crippen molar-refractivity contribution in [3.05, 3.63) is 12.2 Å². The fraction of sp³-hybridized carbons (Fsp3) is 0.400. The average Bonchev–Trinajstić information content (AvgIpc) is 1.69. The van der Waals surface area contributed by atoms with Gasteiger partial charge in [0.1, 0.15) is 0 Å². The van der Waals surface area contributed by atoms with Gasteiger partial charge in [-0.15, -0.1) is 12.4 Å². The number of nitrogens with one attached hydrogen (secondary N) is 1. The van der Waals surface area contributed by atoms with E-state index in [-0.39, 0.29) is 18.2 Å². The smallest absolute Gasteiger partial charge is 0.169 e. The lowest BCUT2D eigenvalue weighted by Crippen LogP contribution is -2.25. The molecule has 0 aromatic carbocycles. The van der Waals surface area contributed by atoms with E-state index in [2.05, 4.69) is 5.32 Å². The number of ketones is 1. The first-order valence-corrected chi connectivity index (χ1v) is 2.30. The highest BCUT2D eigenvalue weighted by atomic mass is 35.5. The van der Waals surface area contributed by atoms with Gasteiger partial charge < -0.3 is 5.32 Å². The van der Waals surface area contributed by atoms with Crippen molar-refractivity contribution in [2.45, 2.75) is 0 Å². The highest BCUT2D eigenvalue weighted by Crippen LogP contribution is 1.80. The van der Waals surface area contributed by atoms with Crippen molar-refractivity contribution in [3.63, 3.8) is 0 Å². The van der Waals surface area contributed by atoms with Crippen LogP contribution < -0.4 is 5.32 Å². The molecule has 0 aromatic heterocycles. The van der Waals surface area contributed by atoms with Gasteiger partial charge in [0.15, 0.2) is 5.78 Å². The number of hydrogen-bond acceptors (Lipinski definition) is 2. The Balaban J connectivity index is 0.000000490. The standard InChI is InChI=1S/C5H7NO.ClH/c7-5-2-1-3-6-4-5;/h1-2,6H,3-4H2;1H. The van der Waals surface area contributed by atoms with Crippen molar-refractivity contribution in [3.8, 4) is 0 Å². The minimum atomic E-state index is 0. The lowest BCUT2D eigenvalue weighted by atomic mass is 10.3. The molecule has 0 amide bonds. The van der Waals surface area contributed by atoms with Crippen LogP contribution in [0.1, 0.15) is 0 Å². The second kappa shape index (κ2) is 3.64. The number of rotatable bonds is 0.